The fourth-order valence-corrected chi connectivity index (χ4v) is 6.51. The van der Waals surface area contributed by atoms with E-state index in [-0.39, 0.29) is 17.3 Å². The first-order valence-corrected chi connectivity index (χ1v) is 14.1. The van der Waals surface area contributed by atoms with Crippen molar-refractivity contribution in [2.75, 3.05) is 24.7 Å². The molecule has 1 N–H and O–H groups in total. The van der Waals surface area contributed by atoms with Gasteiger partial charge in [0.25, 0.3) is 0 Å². The van der Waals surface area contributed by atoms with E-state index in [1.165, 1.54) is 0 Å². The Morgan fingerprint density at radius 2 is 1.82 bits per heavy atom. The van der Waals surface area contributed by atoms with Crippen LogP contribution in [0, 0.1) is 6.92 Å². The minimum Gasteiger partial charge on any atom is -0.324 e. The van der Waals surface area contributed by atoms with Crippen molar-refractivity contribution in [3.05, 3.63) is 53.9 Å². The van der Waals surface area contributed by atoms with Crippen LogP contribution >= 0.6 is 11.8 Å². The molecule has 1 fully saturated rings. The van der Waals surface area contributed by atoms with Crippen LogP contribution in [-0.4, -0.2) is 47.5 Å². The summed E-state index contributed by atoms with van der Waals surface area (Å²) in [6.45, 7) is 3.00. The number of sulfonamides is 1. The van der Waals surface area contributed by atoms with Crippen molar-refractivity contribution in [1.29, 1.82) is 0 Å². The third-order valence-corrected chi connectivity index (χ3v) is 8.55. The molecule has 0 saturated carbocycles. The summed E-state index contributed by atoms with van der Waals surface area (Å²) >= 11 is 1.65. The molecule has 9 heteroatoms. The van der Waals surface area contributed by atoms with Crippen LogP contribution in [0.5, 0.6) is 0 Å². The van der Waals surface area contributed by atoms with Crippen LogP contribution < -0.4 is 5.32 Å². The number of nitrogens with zero attached hydrogens (tertiary/aromatic N) is 3. The zero-order chi connectivity index (χ0) is 23.4. The second-order valence-corrected chi connectivity index (χ2v) is 11.2. The molecule has 33 heavy (non-hydrogen) atoms. The zero-order valence-electron chi connectivity index (χ0n) is 19.1. The minimum atomic E-state index is -3.60. The first-order chi connectivity index (χ1) is 15.9. The third-order valence-electron chi connectivity index (χ3n) is 5.96. The predicted octanol–water partition coefficient (Wildman–Crippen LogP) is 4.41. The Morgan fingerprint density at radius 3 is 2.55 bits per heavy atom. The monoisotopic (exact) mass is 486 g/mol. The molecular formula is C24H30N4O3S2. The summed E-state index contributed by atoms with van der Waals surface area (Å²) in [6, 6.07) is 12.9. The number of carbonyl (C=O) groups excluding carboxylic acids is 1. The van der Waals surface area contributed by atoms with Crippen molar-refractivity contribution >= 4 is 44.4 Å². The van der Waals surface area contributed by atoms with Gasteiger partial charge in [-0.25, -0.2) is 13.4 Å². The molecule has 0 aliphatic carbocycles. The summed E-state index contributed by atoms with van der Waals surface area (Å²) in [5, 5.41) is 2.89. The summed E-state index contributed by atoms with van der Waals surface area (Å²) in [4.78, 5) is 17.9. The van der Waals surface area contributed by atoms with Crippen molar-refractivity contribution in [2.45, 2.75) is 49.8 Å². The highest BCUT2D eigenvalue weighted by atomic mass is 32.2. The molecule has 0 spiro atoms. The second kappa shape index (κ2) is 10.3. The first-order valence-electron chi connectivity index (χ1n) is 11.2. The number of benzene rings is 2. The number of thioether (sulfide) groups is 1. The molecule has 0 radical (unpaired) electrons. The molecule has 1 aliphatic rings. The van der Waals surface area contributed by atoms with Gasteiger partial charge in [-0.1, -0.05) is 31.0 Å². The molecule has 4 rings (SSSR count). The maximum Gasteiger partial charge on any atom is 0.244 e. The number of amides is 1. The van der Waals surface area contributed by atoms with Gasteiger partial charge in [0.2, 0.25) is 15.9 Å². The van der Waals surface area contributed by atoms with E-state index in [4.69, 9.17) is 0 Å². The van der Waals surface area contributed by atoms with Gasteiger partial charge in [-0.2, -0.15) is 16.1 Å². The smallest absolute Gasteiger partial charge is 0.244 e. The normalized spacial score (nSPS) is 15.5. The lowest BCUT2D eigenvalue weighted by atomic mass is 10.2. The van der Waals surface area contributed by atoms with Gasteiger partial charge in [0, 0.05) is 18.8 Å². The molecule has 1 amide bonds. The maximum atomic E-state index is 13.3. The SMILES string of the molecule is CSCc1nc2ccccc2n1CC(=O)Nc1ccc(C)c(S(=O)(=O)N2CCCCCC2)c1. The molecule has 0 unspecified atom stereocenters. The molecule has 1 saturated heterocycles. The minimum absolute atomic E-state index is 0.110. The predicted molar refractivity (Wildman–Crippen MR) is 134 cm³/mol. The Morgan fingerprint density at radius 1 is 1.09 bits per heavy atom. The Balaban J connectivity index is 1.56. The van der Waals surface area contributed by atoms with Gasteiger partial charge in [0.1, 0.15) is 12.4 Å². The highest BCUT2D eigenvalue weighted by Crippen LogP contribution is 2.26. The topological polar surface area (TPSA) is 84.3 Å². The number of nitrogens with one attached hydrogen (secondary N) is 1. The maximum absolute atomic E-state index is 13.3. The molecule has 1 aliphatic heterocycles. The molecule has 2 aromatic carbocycles. The van der Waals surface area contributed by atoms with Crippen LogP contribution in [0.2, 0.25) is 0 Å². The van der Waals surface area contributed by atoms with E-state index in [0.29, 0.717) is 30.1 Å². The average molecular weight is 487 g/mol. The van der Waals surface area contributed by atoms with Gasteiger partial charge in [-0.3, -0.25) is 4.79 Å². The lowest BCUT2D eigenvalue weighted by Gasteiger charge is -2.21. The average Bonchev–Trinajstić information content (AvgIpc) is 2.95. The molecule has 0 atom stereocenters. The number of anilines is 1. The number of carbonyl (C=O) groups is 1. The van der Waals surface area contributed by atoms with Crippen LogP contribution in [-0.2, 0) is 27.1 Å². The second-order valence-electron chi connectivity index (χ2n) is 8.38. The van der Waals surface area contributed by atoms with Crippen LogP contribution in [0.1, 0.15) is 37.1 Å². The number of rotatable bonds is 7. The number of imidazole rings is 1. The zero-order valence-corrected chi connectivity index (χ0v) is 20.7. The standard InChI is InChI=1S/C24H30N4O3S2/c1-18-11-12-19(15-22(18)33(30,31)27-13-7-3-4-8-14-27)25-24(29)16-28-21-10-6-5-9-20(21)26-23(28)17-32-2/h5-6,9-12,15H,3-4,7-8,13-14,16-17H2,1-2H3,(H,25,29). The molecular weight excluding hydrogens is 456 g/mol. The van der Waals surface area contributed by atoms with Gasteiger partial charge in [-0.15, -0.1) is 0 Å². The quantitative estimate of drug-likeness (QED) is 0.535. The van der Waals surface area contributed by atoms with Gasteiger partial charge in [0.15, 0.2) is 0 Å². The van der Waals surface area contributed by atoms with Gasteiger partial charge in [0.05, 0.1) is 21.7 Å². The summed E-state index contributed by atoms with van der Waals surface area (Å²) < 4.78 is 30.1. The van der Waals surface area contributed by atoms with Gasteiger partial charge >= 0.3 is 0 Å². The molecule has 2 heterocycles. The Kier molecular flexibility index (Phi) is 7.41. The summed E-state index contributed by atoms with van der Waals surface area (Å²) in [5.74, 6) is 1.32. The summed E-state index contributed by atoms with van der Waals surface area (Å²) in [6.07, 6.45) is 5.88. The number of aryl methyl sites for hydroxylation is 1. The Labute approximate surface area is 199 Å². The van der Waals surface area contributed by atoms with Gasteiger partial charge < -0.3 is 9.88 Å². The van der Waals surface area contributed by atoms with Crippen molar-refractivity contribution in [2.24, 2.45) is 0 Å². The fourth-order valence-electron chi connectivity index (χ4n) is 4.26. The lowest BCUT2D eigenvalue weighted by molar-refractivity contribution is -0.116. The van der Waals surface area contributed by atoms with Crippen LogP contribution in [0.15, 0.2) is 47.4 Å². The first kappa shape index (κ1) is 23.8. The molecule has 1 aromatic heterocycles. The number of fused-ring (bicyclic) bond motifs is 1. The van der Waals surface area contributed by atoms with Crippen molar-refractivity contribution < 1.29 is 13.2 Å². The fraction of sp³-hybridized carbons (Fsp3) is 0.417. The number of para-hydroxylation sites is 2. The largest absolute Gasteiger partial charge is 0.324 e. The highest BCUT2D eigenvalue weighted by molar-refractivity contribution is 7.97. The highest BCUT2D eigenvalue weighted by Gasteiger charge is 2.27. The molecule has 7 nitrogen and oxygen atoms in total. The van der Waals surface area contributed by atoms with Crippen molar-refractivity contribution in [1.82, 2.24) is 13.9 Å². The molecule has 176 valence electrons. The Bertz CT molecular complexity index is 1250. The van der Waals surface area contributed by atoms with E-state index >= 15 is 0 Å². The van der Waals surface area contributed by atoms with E-state index in [1.807, 2.05) is 35.1 Å². The van der Waals surface area contributed by atoms with Crippen LogP contribution in [0.4, 0.5) is 5.69 Å². The number of aromatic nitrogens is 2. The van der Waals surface area contributed by atoms with Crippen LogP contribution in [0.3, 0.4) is 0 Å². The van der Waals surface area contributed by atoms with Crippen molar-refractivity contribution in [3.8, 4) is 0 Å². The molecule has 0 bridgehead atoms. The summed E-state index contributed by atoms with van der Waals surface area (Å²) in [7, 11) is -3.60. The van der Waals surface area contributed by atoms with Crippen LogP contribution in [0.25, 0.3) is 11.0 Å². The van der Waals surface area contributed by atoms with Crippen molar-refractivity contribution in [3.63, 3.8) is 0 Å². The lowest BCUT2D eigenvalue weighted by Crippen LogP contribution is -2.32. The Hall–Kier alpha value is -2.36. The van der Waals surface area contributed by atoms with Gasteiger partial charge in [-0.05, 0) is 55.9 Å². The van der Waals surface area contributed by atoms with E-state index in [1.54, 1.807) is 41.2 Å². The van der Waals surface area contributed by atoms with E-state index in [2.05, 4.69) is 10.3 Å². The number of hydrogen-bond acceptors (Lipinski definition) is 5. The van der Waals surface area contributed by atoms with E-state index < -0.39 is 10.0 Å². The van der Waals surface area contributed by atoms with E-state index in [9.17, 15) is 13.2 Å². The molecule has 3 aromatic rings. The number of hydrogen-bond donors (Lipinski definition) is 1. The third kappa shape index (κ3) is 5.26. The summed E-state index contributed by atoms with van der Waals surface area (Å²) in [5.41, 5.74) is 2.93. The van der Waals surface area contributed by atoms with E-state index in [0.717, 1.165) is 42.5 Å².